The molecule has 30 heavy (non-hydrogen) atoms. The number of anilines is 2. The molecule has 1 aliphatic heterocycles. The lowest BCUT2D eigenvalue weighted by atomic mass is 10.1. The number of methoxy groups -OCH3 is 2. The number of piperazine rings is 1. The molecule has 0 spiro atoms. The predicted molar refractivity (Wildman–Crippen MR) is 113 cm³/mol. The molecule has 0 unspecified atom stereocenters. The van der Waals surface area contributed by atoms with Crippen LogP contribution in [0.4, 0.5) is 11.4 Å². The predicted octanol–water partition coefficient (Wildman–Crippen LogP) is 1.95. The maximum Gasteiger partial charge on any atom is 0.337 e. The van der Waals surface area contributed by atoms with Crippen molar-refractivity contribution >= 4 is 27.4 Å². The van der Waals surface area contributed by atoms with E-state index in [1.807, 2.05) is 11.9 Å². The molecule has 9 nitrogen and oxygen atoms in total. The van der Waals surface area contributed by atoms with Gasteiger partial charge in [-0.1, -0.05) is 0 Å². The maximum atomic E-state index is 12.9. The third-order valence-electron chi connectivity index (χ3n) is 4.98. The number of nitrogens with one attached hydrogen (secondary N) is 1. The Bertz CT molecular complexity index is 1030. The molecular formula is C20H25N3O6S. The fourth-order valence-electron chi connectivity index (χ4n) is 3.30. The molecule has 1 heterocycles. The van der Waals surface area contributed by atoms with E-state index in [9.17, 15) is 18.3 Å². The molecule has 2 aromatic rings. The van der Waals surface area contributed by atoms with Gasteiger partial charge in [-0.25, -0.2) is 13.2 Å². The van der Waals surface area contributed by atoms with Gasteiger partial charge in [0, 0.05) is 37.9 Å². The van der Waals surface area contributed by atoms with Crippen LogP contribution in [0.2, 0.25) is 0 Å². The Hall–Kier alpha value is -2.98. The summed E-state index contributed by atoms with van der Waals surface area (Å²) < 4.78 is 38.6. The minimum Gasteiger partial charge on any atom is -0.497 e. The van der Waals surface area contributed by atoms with Gasteiger partial charge in [0.25, 0.3) is 10.0 Å². The molecule has 10 heteroatoms. The van der Waals surface area contributed by atoms with Crippen LogP contribution >= 0.6 is 0 Å². The monoisotopic (exact) mass is 435 g/mol. The number of carboxylic acids is 1. The molecule has 2 aromatic carbocycles. The summed E-state index contributed by atoms with van der Waals surface area (Å²) in [4.78, 5) is 15.9. The fraction of sp³-hybridized carbons (Fsp3) is 0.350. The van der Waals surface area contributed by atoms with Crippen molar-refractivity contribution in [2.45, 2.75) is 4.90 Å². The third-order valence-corrected chi connectivity index (χ3v) is 6.39. The molecule has 0 amide bonds. The second-order valence-corrected chi connectivity index (χ2v) is 8.60. The van der Waals surface area contributed by atoms with E-state index < -0.39 is 16.0 Å². The molecule has 3 rings (SSSR count). The summed E-state index contributed by atoms with van der Waals surface area (Å²) in [7, 11) is 0.771. The quantitative estimate of drug-likeness (QED) is 0.679. The Morgan fingerprint density at radius 3 is 2.33 bits per heavy atom. The summed E-state index contributed by atoms with van der Waals surface area (Å²) >= 11 is 0. The lowest BCUT2D eigenvalue weighted by molar-refractivity contribution is 0.0697. The van der Waals surface area contributed by atoms with Gasteiger partial charge >= 0.3 is 5.97 Å². The van der Waals surface area contributed by atoms with Crippen LogP contribution in [-0.4, -0.2) is 71.8 Å². The van der Waals surface area contributed by atoms with E-state index in [0.717, 1.165) is 13.1 Å². The van der Waals surface area contributed by atoms with E-state index >= 15 is 0 Å². The zero-order chi connectivity index (χ0) is 21.9. The van der Waals surface area contributed by atoms with Crippen molar-refractivity contribution in [2.75, 3.05) is 57.1 Å². The van der Waals surface area contributed by atoms with Gasteiger partial charge in [0.1, 0.15) is 16.4 Å². The first kappa shape index (κ1) is 21.7. The summed E-state index contributed by atoms with van der Waals surface area (Å²) in [5, 5.41) is 9.69. The normalized spacial score (nSPS) is 15.0. The SMILES string of the molecule is COc1ccc(OC)c(S(=O)(=O)Nc2ccc(N3CCN(C)CC3)c(C(=O)O)c2)c1. The summed E-state index contributed by atoms with van der Waals surface area (Å²) in [6.07, 6.45) is 0. The number of hydrogen-bond acceptors (Lipinski definition) is 7. The molecule has 1 saturated heterocycles. The highest BCUT2D eigenvalue weighted by Gasteiger charge is 2.24. The largest absolute Gasteiger partial charge is 0.497 e. The minimum absolute atomic E-state index is 0.0392. The van der Waals surface area contributed by atoms with Crippen LogP contribution in [0.3, 0.4) is 0 Å². The molecule has 0 bridgehead atoms. The molecule has 2 N–H and O–H groups in total. The average molecular weight is 436 g/mol. The first-order chi connectivity index (χ1) is 14.2. The van der Waals surface area contributed by atoms with Crippen LogP contribution in [-0.2, 0) is 10.0 Å². The Morgan fingerprint density at radius 1 is 1.03 bits per heavy atom. The second-order valence-electron chi connectivity index (χ2n) is 6.95. The average Bonchev–Trinajstić information content (AvgIpc) is 2.73. The minimum atomic E-state index is -4.04. The first-order valence-corrected chi connectivity index (χ1v) is 10.8. The van der Waals surface area contributed by atoms with Crippen molar-refractivity contribution in [1.82, 2.24) is 4.90 Å². The Labute approximate surface area is 175 Å². The summed E-state index contributed by atoms with van der Waals surface area (Å²) in [6.45, 7) is 3.04. The van der Waals surface area contributed by atoms with Gasteiger partial charge in [0.2, 0.25) is 0 Å². The highest BCUT2D eigenvalue weighted by atomic mass is 32.2. The van der Waals surface area contributed by atoms with Crippen molar-refractivity contribution in [3.8, 4) is 11.5 Å². The Morgan fingerprint density at radius 2 is 1.73 bits per heavy atom. The number of likely N-dealkylation sites (N-methyl/N-ethyl adjacent to an activating group) is 1. The highest BCUT2D eigenvalue weighted by molar-refractivity contribution is 7.92. The number of carboxylic acid groups (broad SMARTS) is 1. The van der Waals surface area contributed by atoms with Crippen LogP contribution in [0.15, 0.2) is 41.3 Å². The van der Waals surface area contributed by atoms with Gasteiger partial charge in [-0.05, 0) is 37.4 Å². The number of carbonyl (C=O) groups is 1. The zero-order valence-corrected chi connectivity index (χ0v) is 17.9. The van der Waals surface area contributed by atoms with Gasteiger partial charge in [0.05, 0.1) is 25.5 Å². The standard InChI is InChI=1S/C20H25N3O6S/c1-22-8-10-23(11-9-22)17-6-4-14(12-16(17)20(24)25)21-30(26,27)19-13-15(28-2)5-7-18(19)29-3/h4-7,12-13,21H,8-11H2,1-3H3,(H,24,25). The molecule has 162 valence electrons. The van der Waals surface area contributed by atoms with E-state index in [1.54, 1.807) is 18.2 Å². The number of sulfonamides is 1. The van der Waals surface area contributed by atoms with Crippen LogP contribution in [0, 0.1) is 0 Å². The topological polar surface area (TPSA) is 108 Å². The maximum absolute atomic E-state index is 12.9. The molecule has 0 aliphatic carbocycles. The first-order valence-electron chi connectivity index (χ1n) is 9.31. The summed E-state index contributed by atoms with van der Waals surface area (Å²) in [5.41, 5.74) is 0.755. The number of hydrogen-bond donors (Lipinski definition) is 2. The van der Waals surface area contributed by atoms with E-state index in [0.29, 0.717) is 24.5 Å². The van der Waals surface area contributed by atoms with E-state index in [4.69, 9.17) is 9.47 Å². The van der Waals surface area contributed by atoms with Crippen LogP contribution in [0.1, 0.15) is 10.4 Å². The van der Waals surface area contributed by atoms with E-state index in [-0.39, 0.29) is 21.9 Å². The zero-order valence-electron chi connectivity index (χ0n) is 17.1. The highest BCUT2D eigenvalue weighted by Crippen LogP contribution is 2.31. The van der Waals surface area contributed by atoms with Crippen molar-refractivity contribution in [3.63, 3.8) is 0 Å². The molecule has 0 radical (unpaired) electrons. The number of ether oxygens (including phenoxy) is 2. The number of nitrogens with zero attached hydrogens (tertiary/aromatic N) is 2. The van der Waals surface area contributed by atoms with Gasteiger partial charge in [-0.2, -0.15) is 0 Å². The number of aromatic carboxylic acids is 1. The lowest BCUT2D eigenvalue weighted by Crippen LogP contribution is -2.45. The molecule has 1 fully saturated rings. The Kier molecular flexibility index (Phi) is 6.37. The van der Waals surface area contributed by atoms with Gasteiger partial charge < -0.3 is 24.4 Å². The van der Waals surface area contributed by atoms with E-state index in [2.05, 4.69) is 9.62 Å². The molecule has 0 aromatic heterocycles. The smallest absolute Gasteiger partial charge is 0.337 e. The molecule has 0 atom stereocenters. The Balaban J connectivity index is 1.93. The second kappa shape index (κ2) is 8.80. The van der Waals surface area contributed by atoms with Crippen molar-refractivity contribution < 1.29 is 27.8 Å². The van der Waals surface area contributed by atoms with Crippen molar-refractivity contribution in [2.24, 2.45) is 0 Å². The van der Waals surface area contributed by atoms with Crippen LogP contribution in [0.25, 0.3) is 0 Å². The summed E-state index contributed by atoms with van der Waals surface area (Å²) in [6, 6.07) is 8.95. The van der Waals surface area contributed by atoms with Gasteiger partial charge in [0.15, 0.2) is 0 Å². The number of benzene rings is 2. The number of rotatable bonds is 7. The molecule has 0 saturated carbocycles. The lowest BCUT2D eigenvalue weighted by Gasteiger charge is -2.34. The molecular weight excluding hydrogens is 410 g/mol. The van der Waals surface area contributed by atoms with E-state index in [1.165, 1.54) is 32.4 Å². The molecule has 1 aliphatic rings. The van der Waals surface area contributed by atoms with Gasteiger partial charge in [-0.3, -0.25) is 4.72 Å². The van der Waals surface area contributed by atoms with Crippen LogP contribution < -0.4 is 19.1 Å². The summed E-state index contributed by atoms with van der Waals surface area (Å²) in [5.74, 6) is -0.618. The van der Waals surface area contributed by atoms with Crippen molar-refractivity contribution in [1.29, 1.82) is 0 Å². The van der Waals surface area contributed by atoms with Crippen molar-refractivity contribution in [3.05, 3.63) is 42.0 Å². The van der Waals surface area contributed by atoms with Gasteiger partial charge in [-0.15, -0.1) is 0 Å². The van der Waals surface area contributed by atoms with Crippen LogP contribution in [0.5, 0.6) is 11.5 Å². The third kappa shape index (κ3) is 4.60. The fourth-order valence-corrected chi connectivity index (χ4v) is 4.53.